The van der Waals surface area contributed by atoms with Crippen LogP contribution < -0.4 is 5.32 Å². The highest BCUT2D eigenvalue weighted by atomic mass is 19.3. The molecule has 0 fully saturated rings. The second kappa shape index (κ2) is 5.58. The molecular formula is C14H14F2N2. The highest BCUT2D eigenvalue weighted by molar-refractivity contribution is 5.48. The second-order valence-corrected chi connectivity index (χ2v) is 4.09. The van der Waals surface area contributed by atoms with Gasteiger partial charge in [0.25, 0.3) is 6.43 Å². The fourth-order valence-corrected chi connectivity index (χ4v) is 1.63. The summed E-state index contributed by atoms with van der Waals surface area (Å²) in [6.45, 7) is 2.58. The number of rotatable bonds is 4. The lowest BCUT2D eigenvalue weighted by molar-refractivity contribution is 0.151. The smallest absolute Gasteiger partial charge is 0.263 e. The van der Waals surface area contributed by atoms with Crippen molar-refractivity contribution in [3.8, 4) is 0 Å². The van der Waals surface area contributed by atoms with Crippen LogP contribution in [0.1, 0.15) is 23.1 Å². The highest BCUT2D eigenvalue weighted by Crippen LogP contribution is 2.19. The SMILES string of the molecule is Cc1ccncc1NCc1ccc(C(F)F)cc1. The molecule has 0 unspecified atom stereocenters. The Hall–Kier alpha value is -1.97. The Balaban J connectivity index is 2.00. The lowest BCUT2D eigenvalue weighted by Crippen LogP contribution is -2.01. The molecule has 0 spiro atoms. The van der Waals surface area contributed by atoms with Crippen molar-refractivity contribution in [3.05, 3.63) is 59.4 Å². The summed E-state index contributed by atoms with van der Waals surface area (Å²) >= 11 is 0. The van der Waals surface area contributed by atoms with Crippen LogP contribution in [0.4, 0.5) is 14.5 Å². The predicted octanol–water partition coefficient (Wildman–Crippen LogP) is 3.94. The number of pyridine rings is 1. The summed E-state index contributed by atoms with van der Waals surface area (Å²) in [5, 5.41) is 3.23. The zero-order chi connectivity index (χ0) is 13.0. The number of hydrogen-bond donors (Lipinski definition) is 1. The first-order chi connectivity index (χ1) is 8.66. The van der Waals surface area contributed by atoms with Crippen molar-refractivity contribution in [2.75, 3.05) is 5.32 Å². The molecule has 1 heterocycles. The first-order valence-corrected chi connectivity index (χ1v) is 5.68. The van der Waals surface area contributed by atoms with E-state index >= 15 is 0 Å². The third-order valence-electron chi connectivity index (χ3n) is 2.75. The van der Waals surface area contributed by atoms with E-state index in [1.807, 2.05) is 13.0 Å². The summed E-state index contributed by atoms with van der Waals surface area (Å²) in [6, 6.07) is 8.25. The van der Waals surface area contributed by atoms with E-state index in [2.05, 4.69) is 10.3 Å². The minimum Gasteiger partial charge on any atom is -0.380 e. The van der Waals surface area contributed by atoms with Crippen molar-refractivity contribution in [2.45, 2.75) is 19.9 Å². The van der Waals surface area contributed by atoms with E-state index in [-0.39, 0.29) is 5.56 Å². The van der Waals surface area contributed by atoms with Crippen LogP contribution >= 0.6 is 0 Å². The summed E-state index contributed by atoms with van der Waals surface area (Å²) in [6.07, 6.45) is 1.08. The molecule has 0 atom stereocenters. The molecular weight excluding hydrogens is 234 g/mol. The molecule has 18 heavy (non-hydrogen) atoms. The summed E-state index contributed by atoms with van der Waals surface area (Å²) in [4.78, 5) is 4.03. The van der Waals surface area contributed by atoms with Gasteiger partial charge in [0, 0.05) is 18.3 Å². The van der Waals surface area contributed by atoms with Gasteiger partial charge in [-0.15, -0.1) is 0 Å². The highest BCUT2D eigenvalue weighted by Gasteiger charge is 2.05. The molecule has 2 rings (SSSR count). The number of halogens is 2. The maximum Gasteiger partial charge on any atom is 0.263 e. The number of nitrogens with one attached hydrogen (secondary N) is 1. The number of alkyl halides is 2. The molecule has 0 saturated carbocycles. The molecule has 0 amide bonds. The molecule has 94 valence electrons. The van der Waals surface area contributed by atoms with Crippen molar-refractivity contribution < 1.29 is 8.78 Å². The largest absolute Gasteiger partial charge is 0.380 e. The van der Waals surface area contributed by atoms with E-state index in [1.165, 1.54) is 12.1 Å². The third-order valence-corrected chi connectivity index (χ3v) is 2.75. The molecule has 1 aromatic heterocycles. The van der Waals surface area contributed by atoms with Crippen LogP contribution in [0.3, 0.4) is 0 Å². The normalized spacial score (nSPS) is 10.7. The van der Waals surface area contributed by atoms with Gasteiger partial charge in [-0.1, -0.05) is 24.3 Å². The van der Waals surface area contributed by atoms with Crippen LogP contribution in [-0.2, 0) is 6.54 Å². The Morgan fingerprint density at radius 2 is 1.89 bits per heavy atom. The van der Waals surface area contributed by atoms with Crippen LogP contribution in [0.25, 0.3) is 0 Å². The van der Waals surface area contributed by atoms with Crippen molar-refractivity contribution in [1.82, 2.24) is 4.98 Å². The second-order valence-electron chi connectivity index (χ2n) is 4.09. The zero-order valence-corrected chi connectivity index (χ0v) is 10.0. The van der Waals surface area contributed by atoms with E-state index in [0.717, 1.165) is 16.8 Å². The summed E-state index contributed by atoms with van der Waals surface area (Å²) in [7, 11) is 0. The molecule has 4 heteroatoms. The van der Waals surface area contributed by atoms with Crippen molar-refractivity contribution >= 4 is 5.69 Å². The summed E-state index contributed by atoms with van der Waals surface area (Å²) in [5.41, 5.74) is 3.07. The predicted molar refractivity (Wildman–Crippen MR) is 67.7 cm³/mol. The Morgan fingerprint density at radius 1 is 1.17 bits per heavy atom. The average molecular weight is 248 g/mol. The maximum absolute atomic E-state index is 12.4. The molecule has 2 nitrogen and oxygen atoms in total. The number of aromatic nitrogens is 1. The Kier molecular flexibility index (Phi) is 3.87. The number of aryl methyl sites for hydroxylation is 1. The number of anilines is 1. The van der Waals surface area contributed by atoms with Gasteiger partial charge in [-0.25, -0.2) is 8.78 Å². The molecule has 0 aliphatic carbocycles. The van der Waals surface area contributed by atoms with Gasteiger partial charge in [-0.05, 0) is 24.1 Å². The quantitative estimate of drug-likeness (QED) is 0.886. The van der Waals surface area contributed by atoms with E-state index in [9.17, 15) is 8.78 Å². The number of hydrogen-bond acceptors (Lipinski definition) is 2. The molecule has 0 aliphatic heterocycles. The van der Waals surface area contributed by atoms with Crippen LogP contribution in [0.5, 0.6) is 0 Å². The minimum absolute atomic E-state index is 0.0521. The van der Waals surface area contributed by atoms with E-state index in [0.29, 0.717) is 6.54 Å². The van der Waals surface area contributed by atoms with E-state index in [1.54, 1.807) is 24.5 Å². The molecule has 1 aromatic carbocycles. The molecule has 2 aromatic rings. The zero-order valence-electron chi connectivity index (χ0n) is 10.0. The van der Waals surface area contributed by atoms with Crippen LogP contribution in [0.2, 0.25) is 0 Å². The lowest BCUT2D eigenvalue weighted by Gasteiger charge is -2.09. The van der Waals surface area contributed by atoms with Crippen LogP contribution in [0.15, 0.2) is 42.7 Å². The minimum atomic E-state index is -2.41. The maximum atomic E-state index is 12.4. The molecule has 1 N–H and O–H groups in total. The first-order valence-electron chi connectivity index (χ1n) is 5.68. The van der Waals surface area contributed by atoms with Gasteiger partial charge in [0.05, 0.1) is 11.9 Å². The van der Waals surface area contributed by atoms with Gasteiger partial charge in [0.1, 0.15) is 0 Å². The van der Waals surface area contributed by atoms with Crippen molar-refractivity contribution in [2.24, 2.45) is 0 Å². The third kappa shape index (κ3) is 3.03. The Bertz CT molecular complexity index is 509. The topological polar surface area (TPSA) is 24.9 Å². The van der Waals surface area contributed by atoms with Gasteiger partial charge < -0.3 is 5.32 Å². The number of benzene rings is 1. The summed E-state index contributed by atoms with van der Waals surface area (Å²) < 4.78 is 24.8. The standard InChI is InChI=1S/C14H14F2N2/c1-10-6-7-17-9-13(10)18-8-11-2-4-12(5-3-11)14(15)16/h2-7,9,14,18H,8H2,1H3. The van der Waals surface area contributed by atoms with Crippen molar-refractivity contribution in [3.63, 3.8) is 0 Å². The van der Waals surface area contributed by atoms with Crippen molar-refractivity contribution in [1.29, 1.82) is 0 Å². The van der Waals surface area contributed by atoms with Gasteiger partial charge in [-0.3, -0.25) is 4.98 Å². The van der Waals surface area contributed by atoms with E-state index in [4.69, 9.17) is 0 Å². The van der Waals surface area contributed by atoms with Gasteiger partial charge in [0.15, 0.2) is 0 Å². The number of nitrogens with zero attached hydrogens (tertiary/aromatic N) is 1. The molecule has 0 bridgehead atoms. The summed E-state index contributed by atoms with van der Waals surface area (Å²) in [5.74, 6) is 0. The molecule has 0 radical (unpaired) electrons. The Labute approximate surface area is 105 Å². The Morgan fingerprint density at radius 3 is 2.50 bits per heavy atom. The fraction of sp³-hybridized carbons (Fsp3) is 0.214. The van der Waals surface area contributed by atoms with Crippen LogP contribution in [0, 0.1) is 6.92 Å². The van der Waals surface area contributed by atoms with Gasteiger partial charge >= 0.3 is 0 Å². The monoisotopic (exact) mass is 248 g/mol. The van der Waals surface area contributed by atoms with E-state index < -0.39 is 6.43 Å². The fourth-order valence-electron chi connectivity index (χ4n) is 1.63. The lowest BCUT2D eigenvalue weighted by atomic mass is 10.1. The first kappa shape index (κ1) is 12.5. The van der Waals surface area contributed by atoms with Gasteiger partial charge in [0.2, 0.25) is 0 Å². The van der Waals surface area contributed by atoms with Crippen LogP contribution in [-0.4, -0.2) is 4.98 Å². The van der Waals surface area contributed by atoms with Gasteiger partial charge in [-0.2, -0.15) is 0 Å². The molecule has 0 aliphatic rings. The average Bonchev–Trinajstić information content (AvgIpc) is 2.38. The molecule has 0 saturated heterocycles.